The molecule has 3 nitrogen and oxygen atoms in total. The summed E-state index contributed by atoms with van der Waals surface area (Å²) in [4.78, 5) is 0. The zero-order valence-electron chi connectivity index (χ0n) is 11.0. The highest BCUT2D eigenvalue weighted by molar-refractivity contribution is 7.97. The second kappa shape index (κ2) is 6.16. The lowest BCUT2D eigenvalue weighted by Crippen LogP contribution is -2.17. The topological polar surface area (TPSA) is 38.3 Å². The quantitative estimate of drug-likeness (QED) is 0.859. The molecule has 18 heavy (non-hydrogen) atoms. The molecule has 1 atom stereocenters. The first kappa shape index (κ1) is 13.3. The number of aryl methyl sites for hydroxylation is 1. The summed E-state index contributed by atoms with van der Waals surface area (Å²) in [6.45, 7) is 4.76. The van der Waals surface area contributed by atoms with E-state index in [9.17, 15) is 0 Å². The van der Waals surface area contributed by atoms with Gasteiger partial charge in [-0.25, -0.2) is 0 Å². The molecule has 0 spiro atoms. The molecule has 0 aliphatic carbocycles. The molecular formula is C14H19NO2S. The molecule has 4 heteroatoms. The first-order valence-corrected chi connectivity index (χ1v) is 7.44. The summed E-state index contributed by atoms with van der Waals surface area (Å²) in [5.41, 5.74) is 0. The highest BCUT2D eigenvalue weighted by Gasteiger charge is 2.10. The molecule has 0 aliphatic rings. The minimum atomic E-state index is 0.188. The Morgan fingerprint density at radius 2 is 1.94 bits per heavy atom. The van der Waals surface area contributed by atoms with Gasteiger partial charge in [0.15, 0.2) is 0 Å². The average Bonchev–Trinajstić information content (AvgIpc) is 2.96. The maximum Gasteiger partial charge on any atom is 0.120 e. The van der Waals surface area contributed by atoms with E-state index in [1.807, 2.05) is 31.2 Å². The first-order valence-electron chi connectivity index (χ1n) is 6.05. The Hall–Kier alpha value is -1.13. The predicted octanol–water partition coefficient (Wildman–Crippen LogP) is 3.89. The number of hydrogen-bond donors (Lipinski definition) is 1. The van der Waals surface area contributed by atoms with Gasteiger partial charge in [-0.15, -0.1) is 0 Å². The van der Waals surface area contributed by atoms with Crippen LogP contribution in [0, 0.1) is 6.92 Å². The Balaban J connectivity index is 1.86. The van der Waals surface area contributed by atoms with Crippen molar-refractivity contribution in [1.82, 2.24) is 5.32 Å². The van der Waals surface area contributed by atoms with Gasteiger partial charge in [0.2, 0.25) is 0 Å². The molecule has 2 heterocycles. The van der Waals surface area contributed by atoms with E-state index in [0.29, 0.717) is 0 Å². The van der Waals surface area contributed by atoms with Crippen LogP contribution in [0.25, 0.3) is 0 Å². The van der Waals surface area contributed by atoms with Crippen LogP contribution < -0.4 is 5.32 Å². The fourth-order valence-electron chi connectivity index (χ4n) is 1.78. The van der Waals surface area contributed by atoms with E-state index < -0.39 is 0 Å². The minimum Gasteiger partial charge on any atom is -0.465 e. The van der Waals surface area contributed by atoms with Crippen LogP contribution in [0.2, 0.25) is 0 Å². The molecule has 0 saturated heterocycles. The summed E-state index contributed by atoms with van der Waals surface area (Å²) in [7, 11) is 0. The van der Waals surface area contributed by atoms with Crippen molar-refractivity contribution in [3.8, 4) is 0 Å². The zero-order valence-corrected chi connectivity index (χ0v) is 11.8. The van der Waals surface area contributed by atoms with E-state index in [2.05, 4.69) is 18.5 Å². The second-order valence-corrected chi connectivity index (χ2v) is 5.22. The lowest BCUT2D eigenvalue weighted by atomic mass is 10.2. The van der Waals surface area contributed by atoms with E-state index >= 15 is 0 Å². The maximum absolute atomic E-state index is 5.70. The highest BCUT2D eigenvalue weighted by Crippen LogP contribution is 2.17. The summed E-state index contributed by atoms with van der Waals surface area (Å²) in [6.07, 6.45) is 2.07. The Bertz CT molecular complexity index is 489. The minimum absolute atomic E-state index is 0.188. The van der Waals surface area contributed by atoms with E-state index in [1.54, 1.807) is 11.8 Å². The van der Waals surface area contributed by atoms with Gasteiger partial charge in [-0.1, -0.05) is 0 Å². The molecule has 0 radical (unpaired) electrons. The van der Waals surface area contributed by atoms with Crippen LogP contribution in [0.5, 0.6) is 0 Å². The Morgan fingerprint density at radius 3 is 2.61 bits per heavy atom. The van der Waals surface area contributed by atoms with Gasteiger partial charge >= 0.3 is 0 Å². The van der Waals surface area contributed by atoms with E-state index in [1.165, 1.54) is 0 Å². The van der Waals surface area contributed by atoms with Crippen molar-refractivity contribution in [2.75, 3.05) is 6.26 Å². The lowest BCUT2D eigenvalue weighted by molar-refractivity contribution is 0.393. The number of hydrogen-bond acceptors (Lipinski definition) is 4. The third-order valence-corrected chi connectivity index (χ3v) is 3.35. The molecule has 0 amide bonds. The largest absolute Gasteiger partial charge is 0.465 e. The van der Waals surface area contributed by atoms with Crippen LogP contribution in [-0.4, -0.2) is 6.26 Å². The summed E-state index contributed by atoms with van der Waals surface area (Å²) in [5.74, 6) is 4.82. The van der Waals surface area contributed by atoms with Gasteiger partial charge < -0.3 is 14.2 Å². The van der Waals surface area contributed by atoms with Crippen molar-refractivity contribution >= 4 is 11.8 Å². The van der Waals surface area contributed by atoms with E-state index in [4.69, 9.17) is 8.83 Å². The average molecular weight is 265 g/mol. The molecule has 2 aromatic heterocycles. The third kappa shape index (κ3) is 3.43. The molecule has 2 rings (SSSR count). The third-order valence-electron chi connectivity index (χ3n) is 2.77. The van der Waals surface area contributed by atoms with Crippen LogP contribution in [-0.2, 0) is 12.3 Å². The van der Waals surface area contributed by atoms with E-state index in [-0.39, 0.29) is 6.04 Å². The monoisotopic (exact) mass is 265 g/mol. The number of rotatable bonds is 6. The fraction of sp³-hybridized carbons (Fsp3) is 0.429. The lowest BCUT2D eigenvalue weighted by Gasteiger charge is -2.09. The zero-order chi connectivity index (χ0) is 13.0. The molecule has 0 saturated carbocycles. The van der Waals surface area contributed by atoms with Crippen molar-refractivity contribution < 1.29 is 8.83 Å². The summed E-state index contributed by atoms with van der Waals surface area (Å²) in [6, 6.07) is 8.24. The van der Waals surface area contributed by atoms with Gasteiger partial charge in [-0.2, -0.15) is 11.8 Å². The molecule has 1 unspecified atom stereocenters. The molecule has 0 aliphatic heterocycles. The SMILES string of the molecule is CSCc1ccc(CNC(C)c2ccc(C)o2)o1. The molecule has 0 fully saturated rings. The second-order valence-electron chi connectivity index (χ2n) is 4.35. The Kier molecular flexibility index (Phi) is 4.55. The Labute approximate surface area is 112 Å². The molecule has 0 aromatic carbocycles. The number of nitrogens with one attached hydrogen (secondary N) is 1. The van der Waals surface area contributed by atoms with E-state index in [0.717, 1.165) is 35.3 Å². The molecule has 1 N–H and O–H groups in total. The number of furan rings is 2. The van der Waals surface area contributed by atoms with Crippen LogP contribution in [0.3, 0.4) is 0 Å². The van der Waals surface area contributed by atoms with Gasteiger partial charge in [0.05, 0.1) is 18.3 Å². The summed E-state index contributed by atoms with van der Waals surface area (Å²) in [5, 5.41) is 3.39. The van der Waals surface area contributed by atoms with Gasteiger partial charge in [-0.05, 0) is 44.4 Å². The maximum atomic E-state index is 5.70. The molecule has 2 aromatic rings. The number of thioether (sulfide) groups is 1. The van der Waals surface area contributed by atoms with Crippen LogP contribution in [0.1, 0.15) is 36.0 Å². The first-order chi connectivity index (χ1) is 8.69. The molecular weight excluding hydrogens is 246 g/mol. The molecule has 0 bridgehead atoms. The van der Waals surface area contributed by atoms with Crippen molar-refractivity contribution in [3.63, 3.8) is 0 Å². The predicted molar refractivity (Wildman–Crippen MR) is 74.6 cm³/mol. The van der Waals surface area contributed by atoms with Gasteiger partial charge in [0.1, 0.15) is 23.0 Å². The molecule has 98 valence electrons. The normalized spacial score (nSPS) is 12.8. The van der Waals surface area contributed by atoms with Crippen molar-refractivity contribution in [1.29, 1.82) is 0 Å². The highest BCUT2D eigenvalue weighted by atomic mass is 32.2. The van der Waals surface area contributed by atoms with Crippen molar-refractivity contribution in [3.05, 3.63) is 47.3 Å². The van der Waals surface area contributed by atoms with Gasteiger partial charge in [0, 0.05) is 0 Å². The smallest absolute Gasteiger partial charge is 0.120 e. The summed E-state index contributed by atoms with van der Waals surface area (Å²) < 4.78 is 11.3. The van der Waals surface area contributed by atoms with Crippen molar-refractivity contribution in [2.45, 2.75) is 32.2 Å². The fourth-order valence-corrected chi connectivity index (χ4v) is 2.22. The van der Waals surface area contributed by atoms with Gasteiger partial charge in [-0.3, -0.25) is 0 Å². The van der Waals surface area contributed by atoms with Crippen LogP contribution in [0.15, 0.2) is 33.1 Å². The van der Waals surface area contributed by atoms with Crippen LogP contribution >= 0.6 is 11.8 Å². The van der Waals surface area contributed by atoms with Crippen molar-refractivity contribution in [2.24, 2.45) is 0 Å². The van der Waals surface area contributed by atoms with Crippen LogP contribution in [0.4, 0.5) is 0 Å². The summed E-state index contributed by atoms with van der Waals surface area (Å²) >= 11 is 1.76. The Morgan fingerprint density at radius 1 is 1.17 bits per heavy atom. The van der Waals surface area contributed by atoms with Gasteiger partial charge in [0.25, 0.3) is 0 Å². The standard InChI is InChI=1S/C14H19NO2S/c1-10-4-7-14(16-10)11(2)15-8-12-5-6-13(17-12)9-18-3/h4-7,11,15H,8-9H2,1-3H3.